The Morgan fingerprint density at radius 2 is 1.90 bits per heavy atom. The number of esters is 1. The molecule has 0 fully saturated rings. The Morgan fingerprint density at radius 3 is 2.38 bits per heavy atom. The van der Waals surface area contributed by atoms with Crippen LogP contribution in [0.25, 0.3) is 0 Å². The fourth-order valence-corrected chi connectivity index (χ4v) is 2.20. The summed E-state index contributed by atoms with van der Waals surface area (Å²) < 4.78 is 5.34. The highest BCUT2D eigenvalue weighted by atomic mass is 35.5. The lowest BCUT2D eigenvalue weighted by Gasteiger charge is -2.27. The van der Waals surface area contributed by atoms with Crippen LogP contribution in [0.15, 0.2) is 24.3 Å². The Morgan fingerprint density at radius 1 is 1.33 bits per heavy atom. The number of rotatable bonds is 5. The van der Waals surface area contributed by atoms with Gasteiger partial charge in [-0.1, -0.05) is 29.8 Å². The van der Waals surface area contributed by atoms with E-state index in [0.29, 0.717) is 10.6 Å². The van der Waals surface area contributed by atoms with Gasteiger partial charge in [0.25, 0.3) is 0 Å². The topological polar surface area (TPSA) is 89.6 Å². The third-order valence-electron chi connectivity index (χ3n) is 2.74. The Hall–Kier alpha value is -1.59. The molecule has 3 N–H and O–H groups in total. The first-order chi connectivity index (χ1) is 9.61. The molecule has 0 aromatic heterocycles. The second kappa shape index (κ2) is 6.91. The second-order valence-electron chi connectivity index (χ2n) is 5.79. The first-order valence-electron chi connectivity index (χ1n) is 6.56. The van der Waals surface area contributed by atoms with Gasteiger partial charge in [-0.15, -0.1) is 0 Å². The number of carbonyl (C=O) groups excluding carboxylic acids is 1. The van der Waals surface area contributed by atoms with Crippen molar-refractivity contribution >= 4 is 23.5 Å². The van der Waals surface area contributed by atoms with Crippen LogP contribution in [0.2, 0.25) is 5.02 Å². The van der Waals surface area contributed by atoms with Gasteiger partial charge >= 0.3 is 11.9 Å². The van der Waals surface area contributed by atoms with Crippen LogP contribution in [0.3, 0.4) is 0 Å². The molecule has 116 valence electrons. The molecule has 2 atom stereocenters. The highest BCUT2D eigenvalue weighted by Gasteiger charge is 2.34. The highest BCUT2D eigenvalue weighted by Crippen LogP contribution is 2.30. The molecule has 5 nitrogen and oxygen atoms in total. The molecule has 0 amide bonds. The van der Waals surface area contributed by atoms with Crippen molar-refractivity contribution in [1.82, 2.24) is 0 Å². The van der Waals surface area contributed by atoms with E-state index in [1.54, 1.807) is 45.0 Å². The Balaban J connectivity index is 3.14. The minimum atomic E-state index is -1.08. The minimum absolute atomic E-state index is 0.352. The van der Waals surface area contributed by atoms with E-state index in [0.717, 1.165) is 0 Å². The zero-order chi connectivity index (χ0) is 16.2. The maximum atomic E-state index is 12.4. The van der Waals surface area contributed by atoms with E-state index in [2.05, 4.69) is 0 Å². The van der Waals surface area contributed by atoms with E-state index in [1.165, 1.54) is 0 Å². The van der Waals surface area contributed by atoms with Crippen LogP contribution in [-0.2, 0) is 14.3 Å². The van der Waals surface area contributed by atoms with Crippen LogP contribution in [-0.4, -0.2) is 28.7 Å². The number of hydrogen-bond acceptors (Lipinski definition) is 4. The number of aliphatic carboxylic acids is 1. The maximum Gasteiger partial charge on any atom is 0.315 e. The third kappa shape index (κ3) is 5.36. The van der Waals surface area contributed by atoms with Gasteiger partial charge in [-0.25, -0.2) is 0 Å². The minimum Gasteiger partial charge on any atom is -0.481 e. The zero-order valence-electron chi connectivity index (χ0n) is 12.3. The molecule has 1 aromatic carbocycles. The van der Waals surface area contributed by atoms with Gasteiger partial charge in [-0.3, -0.25) is 9.59 Å². The van der Waals surface area contributed by atoms with Crippen molar-refractivity contribution in [2.75, 3.05) is 0 Å². The number of carboxylic acids is 1. The average Bonchev–Trinajstić information content (AvgIpc) is 2.28. The average molecular weight is 314 g/mol. The summed E-state index contributed by atoms with van der Waals surface area (Å²) in [6, 6.07) is 5.80. The van der Waals surface area contributed by atoms with Crippen LogP contribution in [0.1, 0.15) is 38.7 Å². The van der Waals surface area contributed by atoms with Crippen molar-refractivity contribution in [3.8, 4) is 0 Å². The lowest BCUT2D eigenvalue weighted by molar-refractivity contribution is -0.157. The summed E-state index contributed by atoms with van der Waals surface area (Å²) in [6.07, 6.45) is -0.352. The van der Waals surface area contributed by atoms with Crippen LogP contribution in [0, 0.1) is 0 Å². The van der Waals surface area contributed by atoms with Crippen LogP contribution < -0.4 is 5.73 Å². The molecule has 0 aliphatic carbocycles. The molecule has 1 rings (SSSR count). The van der Waals surface area contributed by atoms with Crippen LogP contribution in [0.4, 0.5) is 0 Å². The predicted molar refractivity (Wildman–Crippen MR) is 80.3 cm³/mol. The van der Waals surface area contributed by atoms with Gasteiger partial charge in [0.05, 0.1) is 12.3 Å². The number of halogens is 1. The molecule has 1 aromatic rings. The van der Waals surface area contributed by atoms with E-state index in [9.17, 15) is 9.59 Å². The summed E-state index contributed by atoms with van der Waals surface area (Å²) in [4.78, 5) is 23.3. The third-order valence-corrected chi connectivity index (χ3v) is 3.08. The van der Waals surface area contributed by atoms with Gasteiger partial charge in [0.1, 0.15) is 5.60 Å². The normalized spacial score (nSPS) is 14.3. The molecule has 0 unspecified atom stereocenters. The van der Waals surface area contributed by atoms with Crippen molar-refractivity contribution in [3.63, 3.8) is 0 Å². The number of carbonyl (C=O) groups is 2. The SMILES string of the molecule is CC(C)(C)OC(=O)[C@H](c1ccccc1Cl)[C@H](N)CC(=O)O. The van der Waals surface area contributed by atoms with Crippen molar-refractivity contribution < 1.29 is 19.4 Å². The van der Waals surface area contributed by atoms with Gasteiger partial charge in [0.2, 0.25) is 0 Å². The number of ether oxygens (including phenoxy) is 1. The van der Waals surface area contributed by atoms with E-state index in [-0.39, 0.29) is 6.42 Å². The largest absolute Gasteiger partial charge is 0.481 e. The molecular weight excluding hydrogens is 294 g/mol. The molecule has 0 radical (unpaired) electrons. The molecule has 0 saturated heterocycles. The van der Waals surface area contributed by atoms with E-state index in [4.69, 9.17) is 27.2 Å². The number of nitrogens with two attached hydrogens (primary N) is 1. The van der Waals surface area contributed by atoms with Crippen molar-refractivity contribution in [1.29, 1.82) is 0 Å². The summed E-state index contributed by atoms with van der Waals surface area (Å²) >= 11 is 6.10. The smallest absolute Gasteiger partial charge is 0.315 e. The number of hydrogen-bond donors (Lipinski definition) is 2. The van der Waals surface area contributed by atoms with Crippen molar-refractivity contribution in [3.05, 3.63) is 34.9 Å². The Bertz CT molecular complexity index is 525. The lowest BCUT2D eigenvalue weighted by Crippen LogP contribution is -2.39. The molecule has 0 saturated carbocycles. The van der Waals surface area contributed by atoms with E-state index < -0.39 is 29.5 Å². The molecule has 0 aliphatic rings. The van der Waals surface area contributed by atoms with Gasteiger partial charge in [-0.2, -0.15) is 0 Å². The fourth-order valence-electron chi connectivity index (χ4n) is 1.94. The first kappa shape index (κ1) is 17.5. The highest BCUT2D eigenvalue weighted by molar-refractivity contribution is 6.31. The first-order valence-corrected chi connectivity index (χ1v) is 6.94. The summed E-state index contributed by atoms with van der Waals surface area (Å²) in [5.74, 6) is -2.58. The van der Waals surface area contributed by atoms with Crippen molar-refractivity contribution in [2.24, 2.45) is 5.73 Å². The van der Waals surface area contributed by atoms with E-state index in [1.807, 2.05) is 0 Å². The van der Waals surface area contributed by atoms with Gasteiger partial charge in [-0.05, 0) is 32.4 Å². The summed E-state index contributed by atoms with van der Waals surface area (Å²) in [6.45, 7) is 5.20. The standard InChI is InChI=1S/C15H20ClNO4/c1-15(2,3)21-14(20)13(11(17)8-12(18)19)9-6-4-5-7-10(9)16/h4-7,11,13H,8,17H2,1-3H3,(H,18,19)/t11-,13-/m1/s1. The summed E-state index contributed by atoms with van der Waals surface area (Å²) in [5.41, 5.74) is 5.68. The monoisotopic (exact) mass is 313 g/mol. The Kier molecular flexibility index (Phi) is 5.75. The van der Waals surface area contributed by atoms with E-state index >= 15 is 0 Å². The maximum absolute atomic E-state index is 12.4. The predicted octanol–water partition coefficient (Wildman–Crippen LogP) is 2.57. The van der Waals surface area contributed by atoms with Crippen molar-refractivity contribution in [2.45, 2.75) is 44.8 Å². The van der Waals surface area contributed by atoms with Gasteiger partial charge in [0, 0.05) is 11.1 Å². The molecule has 0 spiro atoms. The fraction of sp³-hybridized carbons (Fsp3) is 0.467. The quantitative estimate of drug-likeness (QED) is 0.815. The molecule has 21 heavy (non-hydrogen) atoms. The molecule has 6 heteroatoms. The van der Waals surface area contributed by atoms with Gasteiger partial charge < -0.3 is 15.6 Å². The second-order valence-corrected chi connectivity index (χ2v) is 6.20. The zero-order valence-corrected chi connectivity index (χ0v) is 13.1. The summed E-state index contributed by atoms with van der Waals surface area (Å²) in [7, 11) is 0. The number of benzene rings is 1. The van der Waals surface area contributed by atoms with Gasteiger partial charge in [0.15, 0.2) is 0 Å². The number of carboxylic acid groups (broad SMARTS) is 1. The molecule has 0 bridgehead atoms. The lowest BCUT2D eigenvalue weighted by atomic mass is 9.89. The molecule has 0 heterocycles. The Labute approximate surface area is 129 Å². The van der Waals surface area contributed by atoms with Crippen LogP contribution in [0.5, 0.6) is 0 Å². The molecule has 0 aliphatic heterocycles. The molecular formula is C15H20ClNO4. The van der Waals surface area contributed by atoms with Crippen LogP contribution >= 0.6 is 11.6 Å². The summed E-state index contributed by atoms with van der Waals surface area (Å²) in [5, 5.41) is 9.25.